The van der Waals surface area contributed by atoms with Gasteiger partial charge < -0.3 is 135 Å². The number of nitrogens with one attached hydrogen (secondary N) is 15. The van der Waals surface area contributed by atoms with E-state index in [9.17, 15) is 106 Å². The van der Waals surface area contributed by atoms with Crippen molar-refractivity contribution in [3.63, 3.8) is 0 Å². The molecule has 31 N–H and O–H groups in total. The molecule has 0 bridgehead atoms. The number of guanidine groups is 1. The van der Waals surface area contributed by atoms with E-state index in [2.05, 4.69) is 97.4 Å². The number of carboxylic acids is 2. The first-order chi connectivity index (χ1) is 61.2. The molecule has 131 heavy (non-hydrogen) atoms. The molecule has 1 aliphatic heterocycles. The van der Waals surface area contributed by atoms with Crippen molar-refractivity contribution in [2.24, 2.45) is 86.6 Å². The number of aliphatic carboxylic acids is 2. The number of thiol groups is 1. The molecular weight excluding hydrogens is 1730 g/mol. The molecule has 0 aromatic heterocycles. The molecule has 0 aliphatic carbocycles. The molecule has 1 rings (SSSR count). The van der Waals surface area contributed by atoms with Crippen LogP contribution in [0.15, 0.2) is 4.99 Å². The molecule has 0 aromatic carbocycles. The van der Waals surface area contributed by atoms with E-state index in [4.69, 9.17) is 40.1 Å². The van der Waals surface area contributed by atoms with E-state index < -0.39 is 270 Å². The molecular formula is C84H150N24O22S. The summed E-state index contributed by atoms with van der Waals surface area (Å²) in [5, 5.41) is 57.5. The molecule has 18 atom stereocenters. The number of amides is 18. The molecule has 1 saturated heterocycles. The number of primary amides is 2. The number of carbonyl (C=O) groups excluding carboxylic acids is 18. The first kappa shape index (κ1) is 118. The smallest absolute Gasteiger partial charge is 0.326 e. The van der Waals surface area contributed by atoms with Crippen molar-refractivity contribution in [3.8, 4) is 0 Å². The molecule has 47 heteroatoms. The number of carbonyl (C=O) groups is 20. The average molecular weight is 1880 g/mol. The fourth-order valence-corrected chi connectivity index (χ4v) is 14.1. The molecule has 0 aromatic rings. The zero-order chi connectivity index (χ0) is 100. The van der Waals surface area contributed by atoms with E-state index in [0.717, 1.165) is 6.92 Å². The Hall–Kier alpha value is -11.1. The Morgan fingerprint density at radius 3 is 1.18 bits per heavy atom. The van der Waals surface area contributed by atoms with Gasteiger partial charge in [-0.25, -0.2) is 4.79 Å². The zero-order valence-electron chi connectivity index (χ0n) is 78.6. The Labute approximate surface area is 771 Å². The number of nitrogens with zero attached hydrogens (tertiary/aromatic N) is 2. The van der Waals surface area contributed by atoms with Crippen molar-refractivity contribution in [1.29, 1.82) is 0 Å². The minimum atomic E-state index is -1.96. The Balaban J connectivity index is 3.63. The van der Waals surface area contributed by atoms with E-state index in [1.807, 2.05) is 13.8 Å². The largest absolute Gasteiger partial charge is 0.481 e. The van der Waals surface area contributed by atoms with Gasteiger partial charge in [-0.1, -0.05) is 110 Å². The van der Waals surface area contributed by atoms with Crippen LogP contribution in [0.25, 0.3) is 0 Å². The summed E-state index contributed by atoms with van der Waals surface area (Å²) < 4.78 is 0. The van der Waals surface area contributed by atoms with Gasteiger partial charge in [0.05, 0.1) is 18.9 Å². The van der Waals surface area contributed by atoms with Gasteiger partial charge in [-0.2, -0.15) is 12.6 Å². The number of likely N-dealkylation sites (tertiary alicyclic amines) is 1. The van der Waals surface area contributed by atoms with Gasteiger partial charge in [-0.3, -0.25) is 96.1 Å². The fourth-order valence-electron chi connectivity index (χ4n) is 13.9. The highest BCUT2D eigenvalue weighted by Gasteiger charge is 2.44. The normalized spacial score (nSPS) is 16.4. The lowest BCUT2D eigenvalue weighted by atomic mass is 9.96. The monoisotopic (exact) mass is 1880 g/mol. The molecule has 46 nitrogen and oxygen atoms in total. The first-order valence-corrected chi connectivity index (χ1v) is 45.5. The van der Waals surface area contributed by atoms with Gasteiger partial charge >= 0.3 is 11.9 Å². The minimum absolute atomic E-state index is 0.00217. The Morgan fingerprint density at radius 1 is 0.389 bits per heavy atom. The maximum Gasteiger partial charge on any atom is 0.326 e. The number of aliphatic imine (C=N–C) groups is 1. The lowest BCUT2D eigenvalue weighted by Crippen LogP contribution is -2.62. The molecule has 0 spiro atoms. The van der Waals surface area contributed by atoms with Crippen LogP contribution in [0.4, 0.5) is 0 Å². The maximum absolute atomic E-state index is 14.7. The predicted octanol–water partition coefficient (Wildman–Crippen LogP) is -5.29. The number of nitrogens with two attached hydrogens (primary N) is 7. The van der Waals surface area contributed by atoms with Crippen LogP contribution in [-0.2, 0) is 95.9 Å². The number of hydrogen-bond donors (Lipinski definition) is 25. The molecule has 0 saturated carbocycles. The van der Waals surface area contributed by atoms with Crippen LogP contribution in [-0.4, -0.2) is 274 Å². The van der Waals surface area contributed by atoms with Gasteiger partial charge in [-0.15, -0.1) is 0 Å². The molecule has 1 heterocycles. The van der Waals surface area contributed by atoms with E-state index in [1.54, 1.807) is 69.2 Å². The number of rotatable bonds is 63. The standard InChI is InChI=1S/C84H150N24O22S/c1-17-46(14)66(81(127)101-54(35-41(4)5)74(120)96-50(25-19-21-31-86)70(116)99-56(38-61(89)110)76(122)103-58(39-131)77(123)106-65(45(12)13)83(129)130)107-72(118)51(26-22-32-92-84(90)91)95-67(113)48(16)94-73(119)55(37-60(88)109)98-71(117)52(28-29-62(111)112)97-75(121)53(34-40(2)3)100-79(125)63(43(8)9)105-80(126)64(44(10)11)104-78(124)59-27-23-33-108(59)82(128)57(36-42(6)7)102-68(114)47(15)93-69(115)49(87)24-18-20-30-85/h40-59,63-66,131H,17-39,85-87H2,1-16H3,(H2,88,109)(H2,89,110)(H,93,115)(H,94,119)(H,95,113)(H,96,120)(H,97,121)(H,98,117)(H,99,116)(H,100,125)(H,101,127)(H,102,114)(H,103,122)(H,104,124)(H,105,126)(H,106,123)(H,107,118)(H,111,112)(H,129,130)(H4,90,91,92)/t46-,47-,48-,49-,50-,51-,52-,53-,54-,55-,56-,57-,58-,59-,63-,64-,65-,66-/m0/s1. The highest BCUT2D eigenvalue weighted by molar-refractivity contribution is 7.80. The summed E-state index contributed by atoms with van der Waals surface area (Å²) >= 11 is 4.13. The van der Waals surface area contributed by atoms with E-state index in [1.165, 1.54) is 25.7 Å². The van der Waals surface area contributed by atoms with Gasteiger partial charge in [0.15, 0.2) is 5.96 Å². The number of carboxylic acid groups (broad SMARTS) is 2. The topological polar surface area (TPSA) is 760 Å². The average Bonchev–Trinajstić information content (AvgIpc) is 1.67. The first-order valence-electron chi connectivity index (χ1n) is 44.9. The lowest BCUT2D eigenvalue weighted by molar-refractivity contribution is -0.143. The zero-order valence-corrected chi connectivity index (χ0v) is 79.5. The SMILES string of the molecule is CC[C@H](C)[C@H](NC(=O)[C@H](CCCN=C(N)N)NC(=O)[C@H](C)NC(=O)[C@H](CC(N)=O)NC(=O)[C@H](CCC(=O)O)NC(=O)[C@H](CC(C)C)NC(=O)[C@@H](NC(=O)[C@@H](NC(=O)[C@@H]1CCCN1C(=O)[C@H](CC(C)C)NC(=O)[C@H](C)NC(=O)[C@@H](N)CCCCN)C(C)C)C(C)C)C(=O)N[C@@H](CC(C)C)C(=O)N[C@@H](CCCCN)C(=O)N[C@@H](CC(N)=O)C(=O)N[C@@H](CS)C(=O)N[C@H](C(=O)O)C(C)C. The van der Waals surface area contributed by atoms with Gasteiger partial charge in [0, 0.05) is 25.3 Å². The second kappa shape index (κ2) is 60.1. The number of unbranched alkanes of at least 4 members (excludes halogenated alkanes) is 2. The number of hydrogen-bond acceptors (Lipinski definition) is 25. The van der Waals surface area contributed by atoms with Crippen molar-refractivity contribution in [1.82, 2.24) is 84.7 Å². The van der Waals surface area contributed by atoms with Crippen molar-refractivity contribution >= 4 is 137 Å². The van der Waals surface area contributed by atoms with Crippen LogP contribution in [0.2, 0.25) is 0 Å². The van der Waals surface area contributed by atoms with Crippen LogP contribution < -0.4 is 120 Å². The van der Waals surface area contributed by atoms with Crippen molar-refractivity contribution < 1.29 is 106 Å². The van der Waals surface area contributed by atoms with Gasteiger partial charge in [0.1, 0.15) is 96.7 Å². The van der Waals surface area contributed by atoms with Crippen LogP contribution in [0.3, 0.4) is 0 Å². The van der Waals surface area contributed by atoms with E-state index in [-0.39, 0.29) is 107 Å². The Kier molecular flexibility index (Phi) is 54.0. The van der Waals surface area contributed by atoms with E-state index in [0.29, 0.717) is 38.6 Å². The van der Waals surface area contributed by atoms with Crippen LogP contribution >= 0.6 is 12.6 Å². The molecule has 18 amide bonds. The highest BCUT2D eigenvalue weighted by Crippen LogP contribution is 2.23. The third kappa shape index (κ3) is 43.7. The molecule has 744 valence electrons. The molecule has 1 aliphatic rings. The van der Waals surface area contributed by atoms with Gasteiger partial charge in [0.25, 0.3) is 0 Å². The molecule has 0 unspecified atom stereocenters. The Morgan fingerprint density at radius 2 is 0.740 bits per heavy atom. The summed E-state index contributed by atoms with van der Waals surface area (Å²) in [6.07, 6.45) is -0.683. The third-order valence-corrected chi connectivity index (χ3v) is 21.9. The van der Waals surface area contributed by atoms with Gasteiger partial charge in [-0.05, 0) is 152 Å². The van der Waals surface area contributed by atoms with Crippen molar-refractivity contribution in [2.75, 3.05) is 31.9 Å². The summed E-state index contributed by atoms with van der Waals surface area (Å²) in [5.41, 5.74) is 39.6. The van der Waals surface area contributed by atoms with Gasteiger partial charge in [0.2, 0.25) is 106 Å². The summed E-state index contributed by atoms with van der Waals surface area (Å²) in [6.45, 7) is 26.5. The Bertz CT molecular complexity index is 3890. The lowest BCUT2D eigenvalue weighted by Gasteiger charge is -2.32. The van der Waals surface area contributed by atoms with Crippen molar-refractivity contribution in [3.05, 3.63) is 0 Å². The molecule has 0 radical (unpaired) electrons. The fraction of sp³-hybridized carbons (Fsp3) is 0.750. The highest BCUT2D eigenvalue weighted by atomic mass is 32.1. The van der Waals surface area contributed by atoms with Crippen LogP contribution in [0.5, 0.6) is 0 Å². The van der Waals surface area contributed by atoms with Crippen LogP contribution in [0, 0.1) is 41.4 Å². The summed E-state index contributed by atoms with van der Waals surface area (Å²) in [4.78, 5) is 281. The second-order valence-corrected chi connectivity index (χ2v) is 35.9. The molecule has 1 fully saturated rings. The maximum atomic E-state index is 14.7. The van der Waals surface area contributed by atoms with Crippen LogP contribution in [0.1, 0.15) is 226 Å². The van der Waals surface area contributed by atoms with E-state index >= 15 is 0 Å². The second-order valence-electron chi connectivity index (χ2n) is 35.6. The summed E-state index contributed by atoms with van der Waals surface area (Å²) in [7, 11) is 0. The van der Waals surface area contributed by atoms with Crippen molar-refractivity contribution in [2.45, 2.75) is 329 Å². The summed E-state index contributed by atoms with van der Waals surface area (Å²) in [6, 6.07) is -24.5. The minimum Gasteiger partial charge on any atom is -0.481 e. The third-order valence-electron chi connectivity index (χ3n) is 21.5. The summed E-state index contributed by atoms with van der Waals surface area (Å²) in [5.74, 6) is -24.0. The predicted molar refractivity (Wildman–Crippen MR) is 487 cm³/mol. The quantitative estimate of drug-likeness (QED) is 0.0117.